The fourth-order valence-electron chi connectivity index (χ4n) is 3.51. The van der Waals surface area contributed by atoms with Crippen LogP contribution in [0.3, 0.4) is 0 Å². The summed E-state index contributed by atoms with van der Waals surface area (Å²) < 4.78 is 52.8. The molecule has 12 heteroatoms. The highest BCUT2D eigenvalue weighted by Gasteiger charge is 2.34. The molecule has 0 radical (unpaired) electrons. The van der Waals surface area contributed by atoms with Crippen LogP contribution in [0.25, 0.3) is 0 Å². The number of nitrogens with one attached hydrogen (secondary N) is 1. The van der Waals surface area contributed by atoms with Crippen LogP contribution in [-0.2, 0) is 31.4 Å². The Morgan fingerprint density at radius 2 is 1.76 bits per heavy atom. The molecule has 180 valence electrons. The number of halogens is 2. The lowest BCUT2D eigenvalue weighted by atomic mass is 9.99. The van der Waals surface area contributed by atoms with E-state index < -0.39 is 26.0 Å². The molecule has 1 aliphatic heterocycles. The number of rotatable bonds is 7. The third-order valence-corrected chi connectivity index (χ3v) is 9.85. The van der Waals surface area contributed by atoms with Gasteiger partial charge >= 0.3 is 0 Å². The van der Waals surface area contributed by atoms with Crippen LogP contribution in [-0.4, -0.2) is 58.5 Å². The zero-order valence-electron chi connectivity index (χ0n) is 18.2. The summed E-state index contributed by atoms with van der Waals surface area (Å²) in [5.41, 5.74) is 0.729. The van der Waals surface area contributed by atoms with E-state index in [9.17, 15) is 21.6 Å². The van der Waals surface area contributed by atoms with Gasteiger partial charge in [-0.1, -0.05) is 35.3 Å². The fourth-order valence-corrected chi connectivity index (χ4v) is 6.67. The van der Waals surface area contributed by atoms with Gasteiger partial charge in [-0.3, -0.25) is 4.79 Å². The minimum Gasteiger partial charge on any atom is -0.352 e. The van der Waals surface area contributed by atoms with Gasteiger partial charge in [-0.05, 0) is 48.7 Å². The van der Waals surface area contributed by atoms with Crippen molar-refractivity contribution in [1.29, 1.82) is 0 Å². The van der Waals surface area contributed by atoms with Gasteiger partial charge in [0, 0.05) is 38.8 Å². The second-order valence-electron chi connectivity index (χ2n) is 7.93. The summed E-state index contributed by atoms with van der Waals surface area (Å²) in [6.07, 6.45) is 1.09. The van der Waals surface area contributed by atoms with Crippen molar-refractivity contribution >= 4 is 49.2 Å². The van der Waals surface area contributed by atoms with E-state index in [1.54, 1.807) is 12.1 Å². The number of nitrogens with zero attached hydrogens (tertiary/aromatic N) is 2. The van der Waals surface area contributed by atoms with Crippen molar-refractivity contribution < 1.29 is 21.6 Å². The second kappa shape index (κ2) is 10.3. The van der Waals surface area contributed by atoms with Gasteiger partial charge in [0.25, 0.3) is 0 Å². The van der Waals surface area contributed by atoms with Crippen LogP contribution in [0.15, 0.2) is 52.3 Å². The minimum absolute atomic E-state index is 0.0387. The molecule has 0 spiro atoms. The van der Waals surface area contributed by atoms with E-state index in [4.69, 9.17) is 23.2 Å². The molecule has 0 bridgehead atoms. The lowest BCUT2D eigenvalue weighted by molar-refractivity contribution is -0.126. The molecule has 1 aliphatic rings. The van der Waals surface area contributed by atoms with Gasteiger partial charge in [0.1, 0.15) is 4.90 Å². The first-order valence-corrected chi connectivity index (χ1v) is 13.8. The smallest absolute Gasteiger partial charge is 0.244 e. The Bertz CT molecular complexity index is 1230. The average Bonchev–Trinajstić information content (AvgIpc) is 2.79. The van der Waals surface area contributed by atoms with E-state index in [1.165, 1.54) is 48.7 Å². The molecule has 8 nitrogen and oxygen atoms in total. The van der Waals surface area contributed by atoms with Crippen molar-refractivity contribution in [2.45, 2.75) is 29.2 Å². The van der Waals surface area contributed by atoms with E-state index in [1.807, 2.05) is 0 Å². The predicted molar refractivity (Wildman–Crippen MR) is 127 cm³/mol. The normalized spacial score (nSPS) is 17.8. The molecule has 0 saturated carbocycles. The van der Waals surface area contributed by atoms with Crippen LogP contribution in [0.4, 0.5) is 0 Å². The monoisotopic (exact) mass is 533 g/mol. The maximum Gasteiger partial charge on any atom is 0.244 e. The summed E-state index contributed by atoms with van der Waals surface area (Å²) in [6, 6.07) is 10.5. The molecule has 1 amide bonds. The number of hydrogen-bond acceptors (Lipinski definition) is 5. The summed E-state index contributed by atoms with van der Waals surface area (Å²) >= 11 is 12.0. The molecule has 33 heavy (non-hydrogen) atoms. The Morgan fingerprint density at radius 3 is 2.39 bits per heavy atom. The van der Waals surface area contributed by atoms with E-state index in [0.29, 0.717) is 12.8 Å². The summed E-state index contributed by atoms with van der Waals surface area (Å²) in [7, 11) is -4.51. The standard InChI is InChI=1S/C21H25Cl2N3O5S2/c1-25(2)32(28,29)18-8-5-15(6-9-18)13-24-21(27)16-4-3-11-26(14-16)33(30,31)20-12-17(22)7-10-19(20)23/h5-10,12,16H,3-4,11,13-14H2,1-2H3,(H,24,27)/t16-/m0/s1. The van der Waals surface area contributed by atoms with Crippen LogP contribution in [0, 0.1) is 5.92 Å². The van der Waals surface area contributed by atoms with Crippen molar-refractivity contribution in [3.8, 4) is 0 Å². The van der Waals surface area contributed by atoms with Crippen molar-refractivity contribution in [2.75, 3.05) is 27.2 Å². The van der Waals surface area contributed by atoms with Crippen molar-refractivity contribution in [1.82, 2.24) is 13.9 Å². The highest BCUT2D eigenvalue weighted by atomic mass is 35.5. The molecule has 2 aromatic carbocycles. The zero-order chi connectivity index (χ0) is 24.4. The number of sulfonamides is 2. The quantitative estimate of drug-likeness (QED) is 0.589. The Hall–Kier alpha value is -1.69. The molecule has 0 aromatic heterocycles. The molecule has 2 aromatic rings. The Kier molecular flexibility index (Phi) is 8.08. The number of hydrogen-bond donors (Lipinski definition) is 1. The molecular formula is C21H25Cl2N3O5S2. The summed E-state index contributed by atoms with van der Waals surface area (Å²) in [6.45, 7) is 0.526. The van der Waals surface area contributed by atoms with Crippen LogP contribution in [0.1, 0.15) is 18.4 Å². The topological polar surface area (TPSA) is 104 Å². The van der Waals surface area contributed by atoms with Crippen LogP contribution >= 0.6 is 23.2 Å². The zero-order valence-corrected chi connectivity index (χ0v) is 21.3. The molecular weight excluding hydrogens is 509 g/mol. The van der Waals surface area contributed by atoms with Gasteiger partial charge in [-0.15, -0.1) is 0 Å². The summed E-state index contributed by atoms with van der Waals surface area (Å²) in [5.74, 6) is -0.781. The minimum atomic E-state index is -3.90. The summed E-state index contributed by atoms with van der Waals surface area (Å²) in [4.78, 5) is 12.8. The molecule has 1 fully saturated rings. The molecule has 1 saturated heterocycles. The largest absolute Gasteiger partial charge is 0.352 e. The van der Waals surface area contributed by atoms with Crippen LogP contribution < -0.4 is 5.32 Å². The van der Waals surface area contributed by atoms with Gasteiger partial charge in [0.15, 0.2) is 0 Å². The highest BCUT2D eigenvalue weighted by Crippen LogP contribution is 2.30. The maximum absolute atomic E-state index is 13.1. The van der Waals surface area contributed by atoms with Crippen molar-refractivity contribution in [2.24, 2.45) is 5.92 Å². The SMILES string of the molecule is CN(C)S(=O)(=O)c1ccc(CNC(=O)[C@H]2CCCN(S(=O)(=O)c3cc(Cl)ccc3Cl)C2)cc1. The first-order chi connectivity index (χ1) is 15.4. The molecule has 3 rings (SSSR count). The fraction of sp³-hybridized carbons (Fsp3) is 0.381. The number of carbonyl (C=O) groups is 1. The number of piperidine rings is 1. The molecule has 0 unspecified atom stereocenters. The van der Waals surface area contributed by atoms with Crippen molar-refractivity contribution in [3.05, 3.63) is 58.1 Å². The predicted octanol–water partition coefficient (Wildman–Crippen LogP) is 2.96. The van der Waals surface area contributed by atoms with Gasteiger partial charge in [-0.2, -0.15) is 4.31 Å². The van der Waals surface area contributed by atoms with E-state index in [0.717, 1.165) is 9.87 Å². The van der Waals surface area contributed by atoms with Gasteiger partial charge in [-0.25, -0.2) is 21.1 Å². The first kappa shape index (κ1) is 25.9. The van der Waals surface area contributed by atoms with E-state index in [2.05, 4.69) is 5.32 Å². The number of carbonyl (C=O) groups excluding carboxylic acids is 1. The first-order valence-electron chi connectivity index (χ1n) is 10.2. The highest BCUT2D eigenvalue weighted by molar-refractivity contribution is 7.89. The van der Waals surface area contributed by atoms with Gasteiger partial charge in [0.05, 0.1) is 15.8 Å². The third kappa shape index (κ3) is 5.87. The van der Waals surface area contributed by atoms with E-state index >= 15 is 0 Å². The second-order valence-corrected chi connectivity index (χ2v) is 12.8. The van der Waals surface area contributed by atoms with Gasteiger partial charge in [0.2, 0.25) is 26.0 Å². The molecule has 0 aliphatic carbocycles. The number of amides is 1. The Labute approximate surface area is 204 Å². The summed E-state index contributed by atoms with van der Waals surface area (Å²) in [5, 5.41) is 3.15. The van der Waals surface area contributed by atoms with Crippen LogP contribution in [0.5, 0.6) is 0 Å². The molecule has 1 N–H and O–H groups in total. The Balaban J connectivity index is 1.65. The van der Waals surface area contributed by atoms with Crippen molar-refractivity contribution in [3.63, 3.8) is 0 Å². The third-order valence-electron chi connectivity index (χ3n) is 5.43. The maximum atomic E-state index is 13.1. The molecule has 1 heterocycles. The number of benzene rings is 2. The van der Waals surface area contributed by atoms with Crippen LogP contribution in [0.2, 0.25) is 10.0 Å². The average molecular weight is 534 g/mol. The van der Waals surface area contributed by atoms with E-state index in [-0.39, 0.29) is 45.4 Å². The molecule has 1 atom stereocenters. The van der Waals surface area contributed by atoms with Gasteiger partial charge < -0.3 is 5.32 Å². The Morgan fingerprint density at radius 1 is 1.09 bits per heavy atom. The lowest BCUT2D eigenvalue weighted by Gasteiger charge is -2.31. The lowest BCUT2D eigenvalue weighted by Crippen LogP contribution is -2.45.